The normalized spacial score (nSPS) is 15.0. The Bertz CT molecular complexity index is 1310. The van der Waals surface area contributed by atoms with E-state index in [9.17, 15) is 13.2 Å². The average Bonchev–Trinajstić information content (AvgIpc) is 2.91. The van der Waals surface area contributed by atoms with Gasteiger partial charge in [0.15, 0.2) is 0 Å². The zero-order valence-corrected chi connectivity index (χ0v) is 22.3. The lowest BCUT2D eigenvalue weighted by Crippen LogP contribution is -2.34. The molecule has 0 bridgehead atoms. The van der Waals surface area contributed by atoms with Gasteiger partial charge < -0.3 is 15.0 Å². The molecule has 1 atom stereocenters. The van der Waals surface area contributed by atoms with E-state index in [4.69, 9.17) is 4.74 Å². The van der Waals surface area contributed by atoms with E-state index in [1.54, 1.807) is 12.0 Å². The number of aryl methyl sites for hydroxylation is 1. The predicted octanol–water partition coefficient (Wildman–Crippen LogP) is 4.31. The van der Waals surface area contributed by atoms with Crippen LogP contribution < -0.4 is 14.8 Å². The summed E-state index contributed by atoms with van der Waals surface area (Å²) in [6, 6.07) is 23.0. The van der Waals surface area contributed by atoms with Crippen molar-refractivity contribution in [1.82, 2.24) is 10.2 Å². The van der Waals surface area contributed by atoms with Gasteiger partial charge in [0.05, 0.1) is 25.3 Å². The smallest absolute Gasteiger partial charge is 0.233 e. The SMILES string of the molecule is COc1cccc(CC(=O)N(C)C2CCCc3ccc(NS(=O)(=O)CCNCc4ccccc4)cc32)c1. The number of ether oxygens (including phenoxy) is 1. The fraction of sp³-hybridized carbons (Fsp3) is 0.345. The van der Waals surface area contributed by atoms with Gasteiger partial charge in [0.2, 0.25) is 15.9 Å². The molecule has 1 unspecified atom stereocenters. The van der Waals surface area contributed by atoms with Gasteiger partial charge in [-0.2, -0.15) is 0 Å². The molecule has 3 aromatic carbocycles. The molecule has 0 aliphatic heterocycles. The second kappa shape index (κ2) is 12.3. The van der Waals surface area contributed by atoms with E-state index in [2.05, 4.69) is 10.0 Å². The maximum atomic E-state index is 13.2. The van der Waals surface area contributed by atoms with Crippen LogP contribution in [0.25, 0.3) is 0 Å². The van der Waals surface area contributed by atoms with Crippen molar-refractivity contribution < 1.29 is 17.9 Å². The van der Waals surface area contributed by atoms with Crippen LogP contribution in [-0.2, 0) is 34.2 Å². The Morgan fingerprint density at radius 2 is 1.81 bits per heavy atom. The molecule has 0 spiro atoms. The van der Waals surface area contributed by atoms with E-state index in [1.807, 2.05) is 79.8 Å². The van der Waals surface area contributed by atoms with Crippen molar-refractivity contribution in [2.75, 3.05) is 31.2 Å². The topological polar surface area (TPSA) is 87.7 Å². The van der Waals surface area contributed by atoms with Gasteiger partial charge >= 0.3 is 0 Å². The number of likely N-dealkylation sites (N-methyl/N-ethyl adjacent to an activating group) is 1. The van der Waals surface area contributed by atoms with Gasteiger partial charge in [0.25, 0.3) is 0 Å². The minimum Gasteiger partial charge on any atom is -0.497 e. The van der Waals surface area contributed by atoms with E-state index in [-0.39, 0.29) is 24.1 Å². The summed E-state index contributed by atoms with van der Waals surface area (Å²) in [7, 11) is -0.0808. The van der Waals surface area contributed by atoms with Gasteiger partial charge in [-0.1, -0.05) is 48.5 Å². The van der Waals surface area contributed by atoms with Gasteiger partial charge in [-0.25, -0.2) is 8.42 Å². The van der Waals surface area contributed by atoms with Crippen molar-refractivity contribution >= 4 is 21.6 Å². The van der Waals surface area contributed by atoms with Crippen molar-refractivity contribution in [3.63, 3.8) is 0 Å². The first-order valence-electron chi connectivity index (χ1n) is 12.6. The fourth-order valence-corrected chi connectivity index (χ4v) is 5.76. The molecule has 0 saturated heterocycles. The van der Waals surface area contributed by atoms with Crippen LogP contribution >= 0.6 is 0 Å². The summed E-state index contributed by atoms with van der Waals surface area (Å²) in [6.07, 6.45) is 3.02. The summed E-state index contributed by atoms with van der Waals surface area (Å²) in [5, 5.41) is 3.18. The number of hydrogen-bond acceptors (Lipinski definition) is 5. The molecule has 1 aliphatic carbocycles. The first kappa shape index (κ1) is 26.7. The Morgan fingerprint density at radius 1 is 1.03 bits per heavy atom. The zero-order valence-electron chi connectivity index (χ0n) is 21.4. The Labute approximate surface area is 219 Å². The molecule has 7 nitrogen and oxygen atoms in total. The number of rotatable bonds is 11. The largest absolute Gasteiger partial charge is 0.497 e. The first-order chi connectivity index (χ1) is 17.8. The highest BCUT2D eigenvalue weighted by atomic mass is 32.2. The van der Waals surface area contributed by atoms with E-state index < -0.39 is 10.0 Å². The Morgan fingerprint density at radius 3 is 2.59 bits per heavy atom. The van der Waals surface area contributed by atoms with Crippen molar-refractivity contribution in [2.45, 2.75) is 38.3 Å². The number of carbonyl (C=O) groups is 1. The highest BCUT2D eigenvalue weighted by Crippen LogP contribution is 2.36. The van der Waals surface area contributed by atoms with Crippen molar-refractivity contribution in [3.8, 4) is 5.75 Å². The molecule has 8 heteroatoms. The summed E-state index contributed by atoms with van der Waals surface area (Å²) in [5.74, 6) is 0.712. The third-order valence-corrected chi connectivity index (χ3v) is 8.06. The quantitative estimate of drug-likeness (QED) is 0.367. The maximum absolute atomic E-state index is 13.2. The number of methoxy groups -OCH3 is 1. The molecule has 37 heavy (non-hydrogen) atoms. The second-order valence-corrected chi connectivity index (χ2v) is 11.3. The monoisotopic (exact) mass is 521 g/mol. The number of hydrogen-bond donors (Lipinski definition) is 2. The van der Waals surface area contributed by atoms with Crippen LogP contribution in [0.5, 0.6) is 5.75 Å². The molecule has 0 saturated carbocycles. The molecule has 4 rings (SSSR count). The molecule has 0 radical (unpaired) electrons. The summed E-state index contributed by atoms with van der Waals surface area (Å²) in [6.45, 7) is 0.965. The molecule has 1 aliphatic rings. The summed E-state index contributed by atoms with van der Waals surface area (Å²) in [4.78, 5) is 14.9. The summed E-state index contributed by atoms with van der Waals surface area (Å²) >= 11 is 0. The molecule has 196 valence electrons. The van der Waals surface area contributed by atoms with Gasteiger partial charge in [-0.3, -0.25) is 9.52 Å². The number of sulfonamides is 1. The lowest BCUT2D eigenvalue weighted by Gasteiger charge is -2.34. The second-order valence-electron chi connectivity index (χ2n) is 9.44. The molecule has 1 amide bonds. The highest BCUT2D eigenvalue weighted by Gasteiger charge is 2.27. The molecular formula is C29H35N3O4S. The van der Waals surface area contributed by atoms with Crippen LogP contribution in [0.15, 0.2) is 72.8 Å². The van der Waals surface area contributed by atoms with Gasteiger partial charge in [0.1, 0.15) is 5.75 Å². The Balaban J connectivity index is 1.39. The van der Waals surface area contributed by atoms with Crippen molar-refractivity contribution in [3.05, 3.63) is 95.1 Å². The molecule has 0 heterocycles. The van der Waals surface area contributed by atoms with Crippen LogP contribution in [0.2, 0.25) is 0 Å². The highest BCUT2D eigenvalue weighted by molar-refractivity contribution is 7.92. The lowest BCUT2D eigenvalue weighted by molar-refractivity contribution is -0.131. The van der Waals surface area contributed by atoms with Crippen LogP contribution in [-0.4, -0.2) is 45.7 Å². The number of carbonyl (C=O) groups excluding carboxylic acids is 1. The van der Waals surface area contributed by atoms with Crippen molar-refractivity contribution in [1.29, 1.82) is 0 Å². The van der Waals surface area contributed by atoms with Gasteiger partial charge in [-0.15, -0.1) is 0 Å². The number of benzene rings is 3. The predicted molar refractivity (Wildman–Crippen MR) is 147 cm³/mol. The van der Waals surface area contributed by atoms with Crippen LogP contribution in [0.3, 0.4) is 0 Å². The van der Waals surface area contributed by atoms with E-state index in [0.29, 0.717) is 18.8 Å². The van der Waals surface area contributed by atoms with Crippen molar-refractivity contribution in [2.24, 2.45) is 0 Å². The van der Waals surface area contributed by atoms with E-state index in [1.165, 1.54) is 0 Å². The first-order valence-corrected chi connectivity index (χ1v) is 14.3. The number of nitrogens with zero attached hydrogens (tertiary/aromatic N) is 1. The fourth-order valence-electron chi connectivity index (χ4n) is 4.76. The van der Waals surface area contributed by atoms with Crippen LogP contribution in [0.1, 0.15) is 41.1 Å². The minimum absolute atomic E-state index is 0.0153. The Kier molecular flexibility index (Phi) is 8.84. The van der Waals surface area contributed by atoms with Crippen LogP contribution in [0, 0.1) is 0 Å². The summed E-state index contributed by atoms with van der Waals surface area (Å²) < 4.78 is 33.5. The van der Waals surface area contributed by atoms with Gasteiger partial charge in [0, 0.05) is 25.8 Å². The molecule has 2 N–H and O–H groups in total. The van der Waals surface area contributed by atoms with E-state index >= 15 is 0 Å². The third kappa shape index (κ3) is 7.33. The molecular weight excluding hydrogens is 486 g/mol. The maximum Gasteiger partial charge on any atom is 0.233 e. The van der Waals surface area contributed by atoms with E-state index in [0.717, 1.165) is 47.3 Å². The third-order valence-electron chi connectivity index (χ3n) is 6.77. The number of nitrogens with one attached hydrogen (secondary N) is 2. The van der Waals surface area contributed by atoms with Gasteiger partial charge in [-0.05, 0) is 65.8 Å². The van der Waals surface area contributed by atoms with Crippen LogP contribution in [0.4, 0.5) is 5.69 Å². The molecule has 0 aromatic heterocycles. The standard InChI is InChI=1S/C29H35N3O4S/c1-32(29(33)19-23-10-6-12-26(18-23)36-2)28-13-7-11-24-14-15-25(20-27(24)28)31-37(34,35)17-16-30-21-22-8-4-3-5-9-22/h3-6,8-10,12,14-15,18,20,28,30-31H,7,11,13,16-17,19,21H2,1-2H3. The zero-order chi connectivity index (χ0) is 26.3. The summed E-state index contributed by atoms with van der Waals surface area (Å²) in [5.41, 5.74) is 4.70. The molecule has 0 fully saturated rings. The Hall–Kier alpha value is -3.36. The number of anilines is 1. The number of amides is 1. The molecule has 3 aromatic rings. The lowest BCUT2D eigenvalue weighted by atomic mass is 9.86. The average molecular weight is 522 g/mol. The number of fused-ring (bicyclic) bond motifs is 1. The minimum atomic E-state index is -3.52.